The summed E-state index contributed by atoms with van der Waals surface area (Å²) < 4.78 is 5.22. The summed E-state index contributed by atoms with van der Waals surface area (Å²) >= 11 is 0. The number of hydrogen-bond donors (Lipinski definition) is 2. The Kier molecular flexibility index (Phi) is 5.13. The quantitative estimate of drug-likeness (QED) is 0.552. The summed E-state index contributed by atoms with van der Waals surface area (Å²) in [5.74, 6) is 7.11. The molecule has 1 heterocycles. The van der Waals surface area contributed by atoms with Gasteiger partial charge in [0, 0.05) is 38.0 Å². The Hall–Kier alpha value is -1.17. The zero-order chi connectivity index (χ0) is 13.7. The van der Waals surface area contributed by atoms with Gasteiger partial charge in [0.15, 0.2) is 0 Å². The van der Waals surface area contributed by atoms with Gasteiger partial charge in [-0.05, 0) is 31.7 Å². The lowest BCUT2D eigenvalue weighted by Gasteiger charge is -2.29. The van der Waals surface area contributed by atoms with Crippen molar-refractivity contribution in [3.8, 4) is 0 Å². The van der Waals surface area contributed by atoms with Crippen molar-refractivity contribution in [3.63, 3.8) is 0 Å². The first-order valence-corrected chi connectivity index (χ1v) is 6.89. The van der Waals surface area contributed by atoms with Crippen molar-refractivity contribution in [1.82, 2.24) is 9.88 Å². The molecule has 2 rings (SSSR count). The normalized spacial score (nSPS) is 16.6. The molecule has 1 saturated carbocycles. The van der Waals surface area contributed by atoms with Gasteiger partial charge in [-0.15, -0.1) is 0 Å². The molecule has 5 heteroatoms. The average molecular weight is 264 g/mol. The number of nitrogens with zero attached hydrogens (tertiary/aromatic N) is 2. The van der Waals surface area contributed by atoms with E-state index in [0.29, 0.717) is 6.04 Å². The van der Waals surface area contributed by atoms with Crippen LogP contribution in [0.15, 0.2) is 18.3 Å². The first-order valence-electron chi connectivity index (χ1n) is 6.89. The van der Waals surface area contributed by atoms with E-state index in [1.165, 1.54) is 12.8 Å². The van der Waals surface area contributed by atoms with Gasteiger partial charge in [0.1, 0.15) is 5.82 Å². The topological polar surface area (TPSA) is 63.4 Å². The Morgan fingerprint density at radius 2 is 2.37 bits per heavy atom. The third-order valence-electron chi connectivity index (χ3n) is 3.86. The van der Waals surface area contributed by atoms with Crippen LogP contribution in [0, 0.1) is 5.92 Å². The van der Waals surface area contributed by atoms with Gasteiger partial charge in [0.25, 0.3) is 0 Å². The summed E-state index contributed by atoms with van der Waals surface area (Å²) in [6, 6.07) is 4.61. The standard InChI is InChI=1S/C14H24N4O/c1-11(12-5-6-12)18(8-9-19-2)10-13-4-3-7-16-14(13)17-15/h3-4,7,11-12H,5-6,8-10,15H2,1-2H3,(H,16,17). The zero-order valence-electron chi connectivity index (χ0n) is 11.8. The van der Waals surface area contributed by atoms with Crippen LogP contribution in [0.3, 0.4) is 0 Å². The maximum atomic E-state index is 5.52. The largest absolute Gasteiger partial charge is 0.383 e. The van der Waals surface area contributed by atoms with E-state index < -0.39 is 0 Å². The van der Waals surface area contributed by atoms with Gasteiger partial charge in [-0.1, -0.05) is 6.07 Å². The van der Waals surface area contributed by atoms with Crippen LogP contribution < -0.4 is 11.3 Å². The van der Waals surface area contributed by atoms with Crippen molar-refractivity contribution in [2.45, 2.75) is 32.4 Å². The van der Waals surface area contributed by atoms with Crippen molar-refractivity contribution in [3.05, 3.63) is 23.9 Å². The number of rotatable bonds is 8. The number of hydrazine groups is 1. The lowest BCUT2D eigenvalue weighted by Crippen LogP contribution is -2.37. The summed E-state index contributed by atoms with van der Waals surface area (Å²) in [6.07, 6.45) is 4.45. The number of ether oxygens (including phenoxy) is 1. The predicted molar refractivity (Wildman–Crippen MR) is 76.5 cm³/mol. The van der Waals surface area contributed by atoms with Gasteiger partial charge in [-0.3, -0.25) is 4.90 Å². The molecule has 1 atom stereocenters. The highest BCUT2D eigenvalue weighted by molar-refractivity contribution is 5.42. The number of pyridine rings is 1. The molecule has 0 radical (unpaired) electrons. The van der Waals surface area contributed by atoms with Crippen LogP contribution in [0.4, 0.5) is 5.82 Å². The van der Waals surface area contributed by atoms with E-state index in [-0.39, 0.29) is 0 Å². The first-order chi connectivity index (χ1) is 9.26. The minimum atomic E-state index is 0.584. The van der Waals surface area contributed by atoms with Crippen molar-refractivity contribution in [2.75, 3.05) is 25.7 Å². The Balaban J connectivity index is 2.05. The van der Waals surface area contributed by atoms with Gasteiger partial charge >= 0.3 is 0 Å². The van der Waals surface area contributed by atoms with Crippen molar-refractivity contribution >= 4 is 5.82 Å². The predicted octanol–water partition coefficient (Wildman–Crippen LogP) is 1.61. The van der Waals surface area contributed by atoms with Gasteiger partial charge < -0.3 is 10.2 Å². The second-order valence-electron chi connectivity index (χ2n) is 5.20. The number of methoxy groups -OCH3 is 1. The zero-order valence-corrected chi connectivity index (χ0v) is 11.8. The minimum Gasteiger partial charge on any atom is -0.383 e. The van der Waals surface area contributed by atoms with Crippen LogP contribution in [0.1, 0.15) is 25.3 Å². The molecule has 0 bridgehead atoms. The van der Waals surface area contributed by atoms with E-state index in [4.69, 9.17) is 10.6 Å². The molecule has 0 amide bonds. The smallest absolute Gasteiger partial charge is 0.144 e. The molecule has 1 unspecified atom stereocenters. The lowest BCUT2D eigenvalue weighted by molar-refractivity contribution is 0.112. The van der Waals surface area contributed by atoms with Gasteiger partial charge in [-0.25, -0.2) is 10.8 Å². The molecule has 106 valence electrons. The highest BCUT2D eigenvalue weighted by Gasteiger charge is 2.32. The fourth-order valence-corrected chi connectivity index (χ4v) is 2.43. The van der Waals surface area contributed by atoms with Gasteiger partial charge in [-0.2, -0.15) is 0 Å². The minimum absolute atomic E-state index is 0.584. The van der Waals surface area contributed by atoms with Crippen molar-refractivity contribution in [1.29, 1.82) is 0 Å². The maximum Gasteiger partial charge on any atom is 0.144 e. The molecule has 1 aromatic heterocycles. The highest BCUT2D eigenvalue weighted by Crippen LogP contribution is 2.35. The van der Waals surface area contributed by atoms with E-state index in [2.05, 4.69) is 28.3 Å². The van der Waals surface area contributed by atoms with E-state index in [9.17, 15) is 0 Å². The molecule has 0 aromatic carbocycles. The molecule has 19 heavy (non-hydrogen) atoms. The number of hydrogen-bond acceptors (Lipinski definition) is 5. The molecule has 3 N–H and O–H groups in total. The van der Waals surface area contributed by atoms with Gasteiger partial charge in [0.05, 0.1) is 6.61 Å². The fraction of sp³-hybridized carbons (Fsp3) is 0.643. The number of nitrogens with one attached hydrogen (secondary N) is 1. The molecule has 1 aliphatic carbocycles. The average Bonchev–Trinajstić information content (AvgIpc) is 3.27. The number of nitrogen functional groups attached to an aromatic ring is 1. The van der Waals surface area contributed by atoms with E-state index in [1.54, 1.807) is 13.3 Å². The Labute approximate surface area is 115 Å². The van der Waals surface area contributed by atoms with E-state index >= 15 is 0 Å². The van der Waals surface area contributed by atoms with Crippen LogP contribution in [-0.2, 0) is 11.3 Å². The van der Waals surface area contributed by atoms with Crippen LogP contribution >= 0.6 is 0 Å². The second-order valence-corrected chi connectivity index (χ2v) is 5.20. The molecule has 0 aliphatic heterocycles. The second kappa shape index (κ2) is 6.84. The van der Waals surface area contributed by atoms with Crippen LogP contribution in [0.5, 0.6) is 0 Å². The third-order valence-corrected chi connectivity index (χ3v) is 3.86. The van der Waals surface area contributed by atoms with Crippen molar-refractivity contribution < 1.29 is 4.74 Å². The molecule has 0 spiro atoms. The monoisotopic (exact) mass is 264 g/mol. The van der Waals surface area contributed by atoms with Crippen molar-refractivity contribution in [2.24, 2.45) is 11.8 Å². The third kappa shape index (κ3) is 3.89. The summed E-state index contributed by atoms with van der Waals surface area (Å²) in [6.45, 7) is 4.85. The fourth-order valence-electron chi connectivity index (χ4n) is 2.43. The SMILES string of the molecule is COCCN(Cc1cccnc1NN)C(C)C1CC1. The molecule has 1 aliphatic rings. The Bertz CT molecular complexity index is 395. The summed E-state index contributed by atoms with van der Waals surface area (Å²) in [5.41, 5.74) is 3.80. The Morgan fingerprint density at radius 3 is 3.00 bits per heavy atom. The molecule has 1 aromatic rings. The summed E-state index contributed by atoms with van der Waals surface area (Å²) in [5, 5.41) is 0. The number of aromatic nitrogens is 1. The maximum absolute atomic E-state index is 5.52. The highest BCUT2D eigenvalue weighted by atomic mass is 16.5. The summed E-state index contributed by atoms with van der Waals surface area (Å²) in [7, 11) is 1.75. The van der Waals surface area contributed by atoms with Gasteiger partial charge in [0.2, 0.25) is 0 Å². The van der Waals surface area contributed by atoms with Crippen LogP contribution in [0.25, 0.3) is 0 Å². The molecular weight excluding hydrogens is 240 g/mol. The number of nitrogens with two attached hydrogens (primary N) is 1. The Morgan fingerprint density at radius 1 is 1.58 bits per heavy atom. The molecule has 5 nitrogen and oxygen atoms in total. The number of anilines is 1. The summed E-state index contributed by atoms with van der Waals surface area (Å²) in [4.78, 5) is 6.71. The molecular formula is C14H24N4O. The molecule has 1 fully saturated rings. The lowest BCUT2D eigenvalue weighted by atomic mass is 10.1. The van der Waals surface area contributed by atoms with Crippen LogP contribution in [-0.4, -0.2) is 36.2 Å². The van der Waals surface area contributed by atoms with E-state index in [1.807, 2.05) is 6.07 Å². The van der Waals surface area contributed by atoms with Crippen LogP contribution in [0.2, 0.25) is 0 Å². The first kappa shape index (κ1) is 14.2. The van der Waals surface area contributed by atoms with E-state index in [0.717, 1.165) is 37.0 Å². The molecule has 0 saturated heterocycles.